The number of rotatable bonds is 4. The third-order valence-corrected chi connectivity index (χ3v) is 2.31. The normalized spacial score (nSPS) is 10.2. The fraction of sp³-hybridized carbons (Fsp3) is 0.167. The van der Waals surface area contributed by atoms with E-state index in [2.05, 4.69) is 15.3 Å². The van der Waals surface area contributed by atoms with Crippen LogP contribution in [0.5, 0.6) is 0 Å². The SMILES string of the molecule is Nc1cncc(NCCc2ccccc2F)n1. The number of halogens is 1. The molecule has 0 aliphatic rings. The molecule has 0 atom stereocenters. The van der Waals surface area contributed by atoms with Crippen LogP contribution in [0, 0.1) is 5.82 Å². The maximum atomic E-state index is 13.3. The molecule has 1 aromatic heterocycles. The lowest BCUT2D eigenvalue weighted by molar-refractivity contribution is 0.610. The summed E-state index contributed by atoms with van der Waals surface area (Å²) in [5.74, 6) is 0.773. The number of benzene rings is 1. The Labute approximate surface area is 98.7 Å². The predicted molar refractivity (Wildman–Crippen MR) is 65.0 cm³/mol. The number of aromatic nitrogens is 2. The van der Waals surface area contributed by atoms with Crippen LogP contribution in [0.1, 0.15) is 5.56 Å². The molecule has 2 rings (SSSR count). The van der Waals surface area contributed by atoms with Crippen molar-refractivity contribution in [1.82, 2.24) is 9.97 Å². The third kappa shape index (κ3) is 3.14. The van der Waals surface area contributed by atoms with Crippen molar-refractivity contribution in [2.75, 3.05) is 17.6 Å². The Kier molecular flexibility index (Phi) is 3.49. The van der Waals surface area contributed by atoms with Gasteiger partial charge in [0.15, 0.2) is 0 Å². The smallest absolute Gasteiger partial charge is 0.146 e. The lowest BCUT2D eigenvalue weighted by Gasteiger charge is -2.06. The summed E-state index contributed by atoms with van der Waals surface area (Å²) in [7, 11) is 0. The van der Waals surface area contributed by atoms with Gasteiger partial charge in [0, 0.05) is 6.54 Å². The molecule has 17 heavy (non-hydrogen) atoms. The number of nitrogen functional groups attached to an aromatic ring is 1. The fourth-order valence-electron chi connectivity index (χ4n) is 1.49. The molecule has 0 saturated carbocycles. The molecule has 0 aliphatic heterocycles. The Morgan fingerprint density at radius 1 is 1.24 bits per heavy atom. The van der Waals surface area contributed by atoms with Crippen LogP contribution in [0.4, 0.5) is 16.0 Å². The molecule has 5 heteroatoms. The Morgan fingerprint density at radius 2 is 2.06 bits per heavy atom. The zero-order valence-corrected chi connectivity index (χ0v) is 9.23. The summed E-state index contributed by atoms with van der Waals surface area (Å²) in [5, 5.41) is 3.04. The van der Waals surface area contributed by atoms with Gasteiger partial charge >= 0.3 is 0 Å². The van der Waals surface area contributed by atoms with Gasteiger partial charge in [-0.2, -0.15) is 0 Å². The summed E-state index contributed by atoms with van der Waals surface area (Å²) < 4.78 is 13.3. The van der Waals surface area contributed by atoms with Gasteiger partial charge in [0.05, 0.1) is 12.4 Å². The van der Waals surface area contributed by atoms with E-state index in [9.17, 15) is 4.39 Å². The van der Waals surface area contributed by atoms with Crippen LogP contribution in [0.3, 0.4) is 0 Å². The van der Waals surface area contributed by atoms with Gasteiger partial charge in [0.25, 0.3) is 0 Å². The molecular formula is C12H13FN4. The Balaban J connectivity index is 1.90. The Morgan fingerprint density at radius 3 is 2.82 bits per heavy atom. The van der Waals surface area contributed by atoms with Crippen molar-refractivity contribution in [1.29, 1.82) is 0 Å². The van der Waals surface area contributed by atoms with Crippen LogP contribution in [0.2, 0.25) is 0 Å². The van der Waals surface area contributed by atoms with Crippen LogP contribution >= 0.6 is 0 Å². The van der Waals surface area contributed by atoms with Crippen molar-refractivity contribution >= 4 is 11.6 Å². The topological polar surface area (TPSA) is 63.8 Å². The molecule has 0 spiro atoms. The first-order chi connectivity index (χ1) is 8.25. The monoisotopic (exact) mass is 232 g/mol. The van der Waals surface area contributed by atoms with E-state index in [0.717, 1.165) is 0 Å². The standard InChI is InChI=1S/C12H13FN4/c13-10-4-2-1-3-9(10)5-6-16-12-8-15-7-11(14)17-12/h1-4,7-8H,5-6H2,(H3,14,16,17). The summed E-state index contributed by atoms with van der Waals surface area (Å²) in [6, 6.07) is 6.71. The minimum Gasteiger partial charge on any atom is -0.382 e. The number of nitrogens with two attached hydrogens (primary N) is 1. The fourth-order valence-corrected chi connectivity index (χ4v) is 1.49. The molecular weight excluding hydrogens is 219 g/mol. The lowest BCUT2D eigenvalue weighted by atomic mass is 10.1. The summed E-state index contributed by atoms with van der Waals surface area (Å²) in [5.41, 5.74) is 6.17. The maximum Gasteiger partial charge on any atom is 0.146 e. The molecule has 0 unspecified atom stereocenters. The Hall–Kier alpha value is -2.17. The van der Waals surface area contributed by atoms with Crippen molar-refractivity contribution in [3.63, 3.8) is 0 Å². The van der Waals surface area contributed by atoms with Gasteiger partial charge in [-0.25, -0.2) is 9.37 Å². The molecule has 2 aromatic rings. The third-order valence-electron chi connectivity index (χ3n) is 2.31. The highest BCUT2D eigenvalue weighted by atomic mass is 19.1. The van der Waals surface area contributed by atoms with E-state index in [1.54, 1.807) is 18.3 Å². The molecule has 4 nitrogen and oxygen atoms in total. The van der Waals surface area contributed by atoms with E-state index >= 15 is 0 Å². The minimum absolute atomic E-state index is 0.187. The molecule has 0 amide bonds. The second kappa shape index (κ2) is 5.25. The van der Waals surface area contributed by atoms with E-state index in [1.165, 1.54) is 12.3 Å². The molecule has 88 valence electrons. The van der Waals surface area contributed by atoms with E-state index in [4.69, 9.17) is 5.73 Å². The molecule has 0 bridgehead atoms. The van der Waals surface area contributed by atoms with Gasteiger partial charge in [0.1, 0.15) is 17.5 Å². The highest BCUT2D eigenvalue weighted by Gasteiger charge is 2.00. The molecule has 0 saturated heterocycles. The van der Waals surface area contributed by atoms with E-state index < -0.39 is 0 Å². The molecule has 0 radical (unpaired) electrons. The number of hydrogen-bond donors (Lipinski definition) is 2. The lowest BCUT2D eigenvalue weighted by Crippen LogP contribution is -2.08. The largest absolute Gasteiger partial charge is 0.382 e. The number of nitrogens with one attached hydrogen (secondary N) is 1. The molecule has 3 N–H and O–H groups in total. The quantitative estimate of drug-likeness (QED) is 0.844. The molecule has 0 fully saturated rings. The molecule has 1 heterocycles. The summed E-state index contributed by atoms with van der Waals surface area (Å²) in [6.07, 6.45) is 3.64. The van der Waals surface area contributed by atoms with Crippen LogP contribution in [0.15, 0.2) is 36.7 Å². The molecule has 0 aliphatic carbocycles. The van der Waals surface area contributed by atoms with Crippen LogP contribution < -0.4 is 11.1 Å². The average Bonchev–Trinajstić information content (AvgIpc) is 2.32. The highest BCUT2D eigenvalue weighted by Crippen LogP contribution is 2.08. The zero-order valence-electron chi connectivity index (χ0n) is 9.23. The van der Waals surface area contributed by atoms with Crippen molar-refractivity contribution in [2.45, 2.75) is 6.42 Å². The number of hydrogen-bond acceptors (Lipinski definition) is 4. The molecule has 1 aromatic carbocycles. The number of anilines is 2. The maximum absolute atomic E-state index is 13.3. The minimum atomic E-state index is -0.187. The average molecular weight is 232 g/mol. The highest BCUT2D eigenvalue weighted by molar-refractivity contribution is 5.38. The van der Waals surface area contributed by atoms with Gasteiger partial charge in [-0.15, -0.1) is 0 Å². The predicted octanol–water partition coefficient (Wildman–Crippen LogP) is 1.85. The van der Waals surface area contributed by atoms with Crippen LogP contribution in [0.25, 0.3) is 0 Å². The van der Waals surface area contributed by atoms with Crippen molar-refractivity contribution < 1.29 is 4.39 Å². The van der Waals surface area contributed by atoms with Crippen LogP contribution in [-0.2, 0) is 6.42 Å². The second-order valence-electron chi connectivity index (χ2n) is 3.60. The van der Waals surface area contributed by atoms with Crippen molar-refractivity contribution in [3.8, 4) is 0 Å². The van der Waals surface area contributed by atoms with Gasteiger partial charge in [-0.1, -0.05) is 18.2 Å². The van der Waals surface area contributed by atoms with E-state index in [1.807, 2.05) is 6.07 Å². The first-order valence-corrected chi connectivity index (χ1v) is 5.30. The summed E-state index contributed by atoms with van der Waals surface area (Å²) >= 11 is 0. The Bertz CT molecular complexity index is 501. The summed E-state index contributed by atoms with van der Waals surface area (Å²) in [6.45, 7) is 0.582. The van der Waals surface area contributed by atoms with Gasteiger partial charge in [-0.3, -0.25) is 4.98 Å². The van der Waals surface area contributed by atoms with E-state index in [0.29, 0.717) is 30.2 Å². The number of nitrogens with zero attached hydrogens (tertiary/aromatic N) is 2. The van der Waals surface area contributed by atoms with E-state index in [-0.39, 0.29) is 5.82 Å². The second-order valence-corrected chi connectivity index (χ2v) is 3.60. The first-order valence-electron chi connectivity index (χ1n) is 5.30. The van der Waals surface area contributed by atoms with Crippen molar-refractivity contribution in [3.05, 3.63) is 48.0 Å². The van der Waals surface area contributed by atoms with Crippen LogP contribution in [-0.4, -0.2) is 16.5 Å². The summed E-state index contributed by atoms with van der Waals surface area (Å²) in [4.78, 5) is 7.94. The van der Waals surface area contributed by atoms with Gasteiger partial charge in [-0.05, 0) is 18.1 Å². The van der Waals surface area contributed by atoms with Gasteiger partial charge < -0.3 is 11.1 Å². The van der Waals surface area contributed by atoms with Crippen molar-refractivity contribution in [2.24, 2.45) is 0 Å². The first kappa shape index (κ1) is 11.3. The van der Waals surface area contributed by atoms with Gasteiger partial charge in [0.2, 0.25) is 0 Å². The zero-order chi connectivity index (χ0) is 12.1.